The summed E-state index contributed by atoms with van der Waals surface area (Å²) >= 11 is 0. The smallest absolute Gasteiger partial charge is 0.313 e. The Morgan fingerprint density at radius 1 is 1.40 bits per heavy atom. The van der Waals surface area contributed by atoms with Gasteiger partial charge < -0.3 is 19.9 Å². The first-order valence-corrected chi connectivity index (χ1v) is 7.24. The Morgan fingerprint density at radius 3 is 2.85 bits per heavy atom. The minimum atomic E-state index is -1.03. The molecule has 0 radical (unpaired) electrons. The molecule has 0 aromatic rings. The van der Waals surface area contributed by atoms with Gasteiger partial charge in [0, 0.05) is 13.0 Å². The van der Waals surface area contributed by atoms with Gasteiger partial charge in [-0.1, -0.05) is 0 Å². The van der Waals surface area contributed by atoms with Crippen molar-refractivity contribution in [3.05, 3.63) is 0 Å². The SMILES string of the molecule is CC1(C(=O)O)COCC1NC(=O)CCC1CCCCO1. The van der Waals surface area contributed by atoms with E-state index < -0.39 is 17.4 Å². The molecule has 0 aliphatic carbocycles. The van der Waals surface area contributed by atoms with Crippen LogP contribution in [0.2, 0.25) is 0 Å². The fourth-order valence-corrected chi connectivity index (χ4v) is 2.68. The third-order valence-electron chi connectivity index (χ3n) is 4.25. The van der Waals surface area contributed by atoms with Gasteiger partial charge in [0.2, 0.25) is 5.91 Å². The van der Waals surface area contributed by atoms with E-state index in [4.69, 9.17) is 9.47 Å². The molecule has 0 saturated carbocycles. The molecule has 1 amide bonds. The van der Waals surface area contributed by atoms with Crippen LogP contribution in [0.3, 0.4) is 0 Å². The zero-order valence-electron chi connectivity index (χ0n) is 11.9. The summed E-state index contributed by atoms with van der Waals surface area (Å²) in [6.45, 7) is 2.78. The number of nitrogens with one attached hydrogen (secondary N) is 1. The van der Waals surface area contributed by atoms with Crippen molar-refractivity contribution < 1.29 is 24.2 Å². The van der Waals surface area contributed by atoms with Crippen LogP contribution in [0.15, 0.2) is 0 Å². The molecule has 0 aromatic carbocycles. The first-order valence-electron chi connectivity index (χ1n) is 7.24. The Balaban J connectivity index is 1.77. The highest BCUT2D eigenvalue weighted by molar-refractivity contribution is 5.80. The van der Waals surface area contributed by atoms with Crippen LogP contribution in [0, 0.1) is 5.41 Å². The molecular weight excluding hydrogens is 262 g/mol. The highest BCUT2D eigenvalue weighted by atomic mass is 16.5. The van der Waals surface area contributed by atoms with E-state index in [1.807, 2.05) is 0 Å². The van der Waals surface area contributed by atoms with Crippen molar-refractivity contribution in [2.45, 2.75) is 51.2 Å². The van der Waals surface area contributed by atoms with Gasteiger partial charge in [0.15, 0.2) is 0 Å². The second-order valence-electron chi connectivity index (χ2n) is 5.89. The molecule has 6 nitrogen and oxygen atoms in total. The predicted octanol–water partition coefficient (Wildman–Crippen LogP) is 0.942. The van der Waals surface area contributed by atoms with Crippen LogP contribution in [0.4, 0.5) is 0 Å². The average molecular weight is 285 g/mol. The van der Waals surface area contributed by atoms with Crippen molar-refractivity contribution in [2.24, 2.45) is 5.41 Å². The minimum absolute atomic E-state index is 0.123. The van der Waals surface area contributed by atoms with E-state index in [0.29, 0.717) is 12.8 Å². The molecule has 2 heterocycles. The van der Waals surface area contributed by atoms with E-state index in [-0.39, 0.29) is 25.2 Å². The van der Waals surface area contributed by atoms with Gasteiger partial charge in [0.05, 0.1) is 25.4 Å². The van der Waals surface area contributed by atoms with E-state index in [1.165, 1.54) is 0 Å². The zero-order valence-corrected chi connectivity index (χ0v) is 11.9. The highest BCUT2D eigenvalue weighted by Gasteiger charge is 2.47. The molecule has 114 valence electrons. The van der Waals surface area contributed by atoms with Gasteiger partial charge in [0.25, 0.3) is 0 Å². The summed E-state index contributed by atoms with van der Waals surface area (Å²) < 4.78 is 10.8. The van der Waals surface area contributed by atoms with Crippen LogP contribution in [-0.2, 0) is 19.1 Å². The molecule has 2 fully saturated rings. The minimum Gasteiger partial charge on any atom is -0.481 e. The number of carboxylic acid groups (broad SMARTS) is 1. The van der Waals surface area contributed by atoms with E-state index in [9.17, 15) is 14.7 Å². The molecule has 3 unspecified atom stereocenters. The lowest BCUT2D eigenvalue weighted by atomic mass is 9.85. The molecule has 2 aliphatic heterocycles. The van der Waals surface area contributed by atoms with Crippen molar-refractivity contribution in [3.8, 4) is 0 Å². The lowest BCUT2D eigenvalue weighted by Gasteiger charge is -2.26. The molecule has 0 aromatic heterocycles. The number of amides is 1. The second kappa shape index (κ2) is 6.54. The first-order chi connectivity index (χ1) is 9.52. The van der Waals surface area contributed by atoms with Crippen LogP contribution in [0.1, 0.15) is 39.0 Å². The quantitative estimate of drug-likeness (QED) is 0.785. The Hall–Kier alpha value is -1.14. The van der Waals surface area contributed by atoms with Crippen LogP contribution >= 0.6 is 0 Å². The molecule has 2 rings (SSSR count). The summed E-state index contributed by atoms with van der Waals surface area (Å²) in [4.78, 5) is 23.2. The van der Waals surface area contributed by atoms with Gasteiger partial charge in [-0.2, -0.15) is 0 Å². The Labute approximate surface area is 118 Å². The van der Waals surface area contributed by atoms with E-state index in [2.05, 4.69) is 5.32 Å². The summed E-state index contributed by atoms with van der Waals surface area (Å²) in [7, 11) is 0. The summed E-state index contributed by atoms with van der Waals surface area (Å²) in [5.74, 6) is -1.06. The first kappa shape index (κ1) is 15.3. The number of hydrogen-bond acceptors (Lipinski definition) is 4. The van der Waals surface area contributed by atoms with Crippen LogP contribution < -0.4 is 5.32 Å². The largest absolute Gasteiger partial charge is 0.481 e. The van der Waals surface area contributed by atoms with Crippen molar-refractivity contribution in [1.82, 2.24) is 5.32 Å². The van der Waals surface area contributed by atoms with E-state index >= 15 is 0 Å². The third kappa shape index (κ3) is 3.49. The Kier molecular flexibility index (Phi) is 4.99. The Morgan fingerprint density at radius 2 is 2.20 bits per heavy atom. The van der Waals surface area contributed by atoms with Crippen molar-refractivity contribution in [1.29, 1.82) is 0 Å². The summed E-state index contributed by atoms with van der Waals surface area (Å²) in [6, 6.07) is -0.459. The maximum atomic E-state index is 11.9. The monoisotopic (exact) mass is 285 g/mol. The molecular formula is C14H23NO5. The van der Waals surface area contributed by atoms with Crippen molar-refractivity contribution in [3.63, 3.8) is 0 Å². The maximum absolute atomic E-state index is 11.9. The van der Waals surface area contributed by atoms with Crippen molar-refractivity contribution >= 4 is 11.9 Å². The predicted molar refractivity (Wildman–Crippen MR) is 71.3 cm³/mol. The molecule has 3 atom stereocenters. The lowest BCUT2D eigenvalue weighted by Crippen LogP contribution is -2.49. The van der Waals surface area contributed by atoms with Gasteiger partial charge in [0.1, 0.15) is 5.41 Å². The molecule has 2 N–H and O–H groups in total. The van der Waals surface area contributed by atoms with E-state index in [1.54, 1.807) is 6.92 Å². The lowest BCUT2D eigenvalue weighted by molar-refractivity contribution is -0.149. The number of ether oxygens (including phenoxy) is 2. The summed E-state index contributed by atoms with van der Waals surface area (Å²) in [5.41, 5.74) is -1.03. The molecule has 0 bridgehead atoms. The summed E-state index contributed by atoms with van der Waals surface area (Å²) in [6.07, 6.45) is 4.49. The topological polar surface area (TPSA) is 84.9 Å². The van der Waals surface area contributed by atoms with Crippen LogP contribution in [0.25, 0.3) is 0 Å². The second-order valence-corrected chi connectivity index (χ2v) is 5.89. The van der Waals surface area contributed by atoms with Gasteiger partial charge in [-0.25, -0.2) is 0 Å². The number of carboxylic acids is 1. The maximum Gasteiger partial charge on any atom is 0.313 e. The number of aliphatic carboxylic acids is 1. The number of hydrogen-bond donors (Lipinski definition) is 2. The molecule has 6 heteroatoms. The summed E-state index contributed by atoms with van der Waals surface area (Å²) in [5, 5.41) is 12.0. The normalized spacial score (nSPS) is 33.9. The van der Waals surface area contributed by atoms with Gasteiger partial charge in [-0.15, -0.1) is 0 Å². The molecule has 20 heavy (non-hydrogen) atoms. The number of rotatable bonds is 5. The standard InChI is InChI=1S/C14H23NO5/c1-14(13(17)18)9-19-8-11(14)15-12(16)6-5-10-4-2-3-7-20-10/h10-11H,2-9H2,1H3,(H,15,16)(H,17,18). The van der Waals surface area contributed by atoms with Crippen LogP contribution in [0.5, 0.6) is 0 Å². The zero-order chi connectivity index (χ0) is 14.6. The van der Waals surface area contributed by atoms with E-state index in [0.717, 1.165) is 25.9 Å². The number of carbonyl (C=O) groups excluding carboxylic acids is 1. The van der Waals surface area contributed by atoms with Gasteiger partial charge in [-0.05, 0) is 32.6 Å². The van der Waals surface area contributed by atoms with Crippen LogP contribution in [-0.4, -0.2) is 48.9 Å². The average Bonchev–Trinajstić information content (AvgIpc) is 2.80. The highest BCUT2D eigenvalue weighted by Crippen LogP contribution is 2.28. The van der Waals surface area contributed by atoms with Gasteiger partial charge in [-0.3, -0.25) is 9.59 Å². The Bertz CT molecular complexity index is 367. The van der Waals surface area contributed by atoms with Gasteiger partial charge >= 0.3 is 5.97 Å². The molecule has 0 spiro atoms. The molecule has 2 aliphatic rings. The fraction of sp³-hybridized carbons (Fsp3) is 0.857. The number of carbonyl (C=O) groups is 2. The molecule has 2 saturated heterocycles. The third-order valence-corrected chi connectivity index (χ3v) is 4.25. The van der Waals surface area contributed by atoms with Crippen molar-refractivity contribution in [2.75, 3.05) is 19.8 Å². The fourth-order valence-electron chi connectivity index (χ4n) is 2.68.